The zero-order valence-electron chi connectivity index (χ0n) is 7.07. The van der Waals surface area contributed by atoms with Crippen molar-refractivity contribution in [2.75, 3.05) is 19.8 Å². The summed E-state index contributed by atoms with van der Waals surface area (Å²) in [5.41, 5.74) is 5.31. The minimum atomic E-state index is -0.959. The maximum Gasteiger partial charge on any atom is 0.423 e. The van der Waals surface area contributed by atoms with Gasteiger partial charge in [-0.2, -0.15) is 0 Å². The minimum absolute atomic E-state index is 0.0509. The zero-order chi connectivity index (χ0) is 8.97. The third-order valence-corrected chi connectivity index (χ3v) is 2.07. The van der Waals surface area contributed by atoms with Crippen LogP contribution in [0.15, 0.2) is 0 Å². The van der Waals surface area contributed by atoms with E-state index in [1.807, 2.05) is 0 Å². The van der Waals surface area contributed by atoms with E-state index >= 15 is 0 Å². The van der Waals surface area contributed by atoms with Gasteiger partial charge >= 0.3 is 6.09 Å². The molecule has 0 saturated carbocycles. The standard InChI is InChI=1S/C7H15N3O2/c8-6-10(7(11)12)9-4-2-1-3-5-9/h1-6,8H2,(H,11,12). The second-order valence-electron chi connectivity index (χ2n) is 2.88. The first kappa shape index (κ1) is 9.28. The molecule has 1 fully saturated rings. The van der Waals surface area contributed by atoms with Gasteiger partial charge in [0.15, 0.2) is 0 Å². The summed E-state index contributed by atoms with van der Waals surface area (Å²) in [5.74, 6) is 0. The fourth-order valence-corrected chi connectivity index (χ4v) is 1.43. The first-order chi connectivity index (χ1) is 5.75. The van der Waals surface area contributed by atoms with Crippen molar-refractivity contribution in [3.05, 3.63) is 0 Å². The molecule has 0 aromatic carbocycles. The summed E-state index contributed by atoms with van der Waals surface area (Å²) in [7, 11) is 0. The predicted octanol–water partition coefficient (Wildman–Crippen LogP) is 0.284. The Balaban J connectivity index is 2.46. The van der Waals surface area contributed by atoms with E-state index < -0.39 is 6.09 Å². The minimum Gasteiger partial charge on any atom is -0.464 e. The normalized spacial score (nSPS) is 19.1. The van der Waals surface area contributed by atoms with Crippen LogP contribution in [-0.4, -0.2) is 41.0 Å². The Morgan fingerprint density at radius 3 is 2.42 bits per heavy atom. The second-order valence-corrected chi connectivity index (χ2v) is 2.88. The molecule has 1 saturated heterocycles. The summed E-state index contributed by atoms with van der Waals surface area (Å²) in [4.78, 5) is 10.6. The Morgan fingerprint density at radius 1 is 1.42 bits per heavy atom. The summed E-state index contributed by atoms with van der Waals surface area (Å²) < 4.78 is 0. The molecular weight excluding hydrogens is 158 g/mol. The summed E-state index contributed by atoms with van der Waals surface area (Å²) in [5, 5.41) is 11.7. The van der Waals surface area contributed by atoms with Crippen molar-refractivity contribution in [3.63, 3.8) is 0 Å². The highest BCUT2D eigenvalue weighted by molar-refractivity contribution is 5.64. The van der Waals surface area contributed by atoms with Gasteiger partial charge in [-0.15, -0.1) is 0 Å². The van der Waals surface area contributed by atoms with Crippen LogP contribution in [0.3, 0.4) is 0 Å². The van der Waals surface area contributed by atoms with Crippen molar-refractivity contribution in [1.82, 2.24) is 10.0 Å². The zero-order valence-corrected chi connectivity index (χ0v) is 7.07. The largest absolute Gasteiger partial charge is 0.464 e. The van der Waals surface area contributed by atoms with Gasteiger partial charge in [-0.1, -0.05) is 6.42 Å². The summed E-state index contributed by atoms with van der Waals surface area (Å²) in [6.45, 7) is 1.67. The lowest BCUT2D eigenvalue weighted by Crippen LogP contribution is -2.50. The number of nitrogens with zero attached hydrogens (tertiary/aromatic N) is 2. The van der Waals surface area contributed by atoms with Crippen LogP contribution in [0.25, 0.3) is 0 Å². The van der Waals surface area contributed by atoms with Crippen LogP contribution in [0.1, 0.15) is 19.3 Å². The molecule has 0 radical (unpaired) electrons. The molecule has 70 valence electrons. The number of amides is 1. The molecule has 0 aromatic heterocycles. The number of hydrogen-bond acceptors (Lipinski definition) is 3. The van der Waals surface area contributed by atoms with Gasteiger partial charge in [0.25, 0.3) is 0 Å². The van der Waals surface area contributed by atoms with Crippen LogP contribution in [0, 0.1) is 0 Å². The Morgan fingerprint density at radius 2 is 2.00 bits per heavy atom. The number of carboxylic acid groups (broad SMARTS) is 1. The molecule has 3 N–H and O–H groups in total. The molecule has 5 nitrogen and oxygen atoms in total. The second kappa shape index (κ2) is 4.27. The number of rotatable bonds is 2. The lowest BCUT2D eigenvalue weighted by atomic mass is 10.2. The van der Waals surface area contributed by atoms with Crippen molar-refractivity contribution >= 4 is 6.09 Å². The molecule has 5 heteroatoms. The van der Waals surface area contributed by atoms with E-state index in [4.69, 9.17) is 10.8 Å². The number of hydrogen-bond donors (Lipinski definition) is 2. The average Bonchev–Trinajstić information content (AvgIpc) is 2.07. The maximum atomic E-state index is 10.6. The van der Waals surface area contributed by atoms with E-state index in [-0.39, 0.29) is 6.67 Å². The molecule has 1 heterocycles. The fourth-order valence-electron chi connectivity index (χ4n) is 1.43. The first-order valence-electron chi connectivity index (χ1n) is 4.21. The van der Waals surface area contributed by atoms with Gasteiger partial charge in [-0.05, 0) is 12.8 Å². The number of nitrogens with two attached hydrogens (primary N) is 1. The number of carbonyl (C=O) groups is 1. The van der Waals surface area contributed by atoms with Crippen molar-refractivity contribution in [3.8, 4) is 0 Å². The van der Waals surface area contributed by atoms with Crippen LogP contribution >= 0.6 is 0 Å². The van der Waals surface area contributed by atoms with Crippen LogP contribution in [-0.2, 0) is 0 Å². The Bertz CT molecular complexity index is 157. The molecule has 1 amide bonds. The monoisotopic (exact) mass is 173 g/mol. The SMILES string of the molecule is NCN(C(=O)O)N1CCCCC1. The quantitative estimate of drug-likeness (QED) is 0.588. The highest BCUT2D eigenvalue weighted by Gasteiger charge is 2.20. The fraction of sp³-hybridized carbons (Fsp3) is 0.857. The van der Waals surface area contributed by atoms with Gasteiger partial charge < -0.3 is 10.8 Å². The van der Waals surface area contributed by atoms with Gasteiger partial charge in [0.2, 0.25) is 0 Å². The van der Waals surface area contributed by atoms with Crippen molar-refractivity contribution in [1.29, 1.82) is 0 Å². The van der Waals surface area contributed by atoms with E-state index in [0.29, 0.717) is 0 Å². The molecule has 1 aliphatic heterocycles. The lowest BCUT2D eigenvalue weighted by Gasteiger charge is -2.34. The maximum absolute atomic E-state index is 10.6. The molecule has 1 aliphatic rings. The third kappa shape index (κ3) is 2.09. The summed E-state index contributed by atoms with van der Waals surface area (Å²) in [6, 6.07) is 0. The third-order valence-electron chi connectivity index (χ3n) is 2.07. The molecule has 0 aromatic rings. The van der Waals surface area contributed by atoms with Crippen LogP contribution in [0.4, 0.5) is 4.79 Å². The molecule has 12 heavy (non-hydrogen) atoms. The van der Waals surface area contributed by atoms with E-state index in [0.717, 1.165) is 25.9 Å². The summed E-state index contributed by atoms with van der Waals surface area (Å²) in [6.07, 6.45) is 2.35. The van der Waals surface area contributed by atoms with Crippen molar-refractivity contribution < 1.29 is 9.90 Å². The topological polar surface area (TPSA) is 69.8 Å². The van der Waals surface area contributed by atoms with Crippen LogP contribution in [0.2, 0.25) is 0 Å². The Hall–Kier alpha value is -0.810. The van der Waals surface area contributed by atoms with E-state index in [1.54, 1.807) is 5.01 Å². The molecular formula is C7H15N3O2. The molecule has 0 aliphatic carbocycles. The Kier molecular flexibility index (Phi) is 3.31. The lowest BCUT2D eigenvalue weighted by molar-refractivity contribution is -0.0203. The molecule has 0 unspecified atom stereocenters. The van der Waals surface area contributed by atoms with E-state index in [2.05, 4.69) is 0 Å². The number of piperidine rings is 1. The molecule has 1 rings (SSSR count). The van der Waals surface area contributed by atoms with Crippen molar-refractivity contribution in [2.45, 2.75) is 19.3 Å². The highest BCUT2D eigenvalue weighted by Crippen LogP contribution is 2.10. The molecule has 0 spiro atoms. The van der Waals surface area contributed by atoms with Gasteiger partial charge in [0, 0.05) is 13.1 Å². The highest BCUT2D eigenvalue weighted by atomic mass is 16.4. The molecule has 0 bridgehead atoms. The van der Waals surface area contributed by atoms with Crippen molar-refractivity contribution in [2.24, 2.45) is 5.73 Å². The van der Waals surface area contributed by atoms with Gasteiger partial charge in [-0.3, -0.25) is 0 Å². The van der Waals surface area contributed by atoms with Gasteiger partial charge in [-0.25, -0.2) is 14.8 Å². The number of hydrazine groups is 1. The molecule has 0 atom stereocenters. The van der Waals surface area contributed by atoms with Gasteiger partial charge in [0.05, 0.1) is 6.67 Å². The first-order valence-corrected chi connectivity index (χ1v) is 4.21. The predicted molar refractivity (Wildman–Crippen MR) is 44.3 cm³/mol. The van der Waals surface area contributed by atoms with Crippen LogP contribution in [0.5, 0.6) is 0 Å². The average molecular weight is 173 g/mol. The Labute approximate surface area is 71.7 Å². The smallest absolute Gasteiger partial charge is 0.423 e. The van der Waals surface area contributed by atoms with E-state index in [1.165, 1.54) is 11.4 Å². The summed E-state index contributed by atoms with van der Waals surface area (Å²) >= 11 is 0. The van der Waals surface area contributed by atoms with E-state index in [9.17, 15) is 4.79 Å². The van der Waals surface area contributed by atoms with Crippen LogP contribution < -0.4 is 5.73 Å². The van der Waals surface area contributed by atoms with Gasteiger partial charge in [0.1, 0.15) is 0 Å².